The molecule has 2 heteroatoms. The van der Waals surface area contributed by atoms with Crippen LogP contribution < -0.4 is 10.5 Å². The lowest BCUT2D eigenvalue weighted by atomic mass is 9.76. The van der Waals surface area contributed by atoms with Gasteiger partial charge < -0.3 is 10.5 Å². The van der Waals surface area contributed by atoms with Crippen LogP contribution in [0.25, 0.3) is 0 Å². The molecular weight excluding hydrogens is 234 g/mol. The minimum Gasteiger partial charge on any atom is -0.496 e. The summed E-state index contributed by atoms with van der Waals surface area (Å²) in [6.45, 7) is 0. The third-order valence-electron chi connectivity index (χ3n) is 4.11. The van der Waals surface area contributed by atoms with E-state index in [0.717, 1.165) is 18.6 Å². The van der Waals surface area contributed by atoms with Crippen LogP contribution in [0.3, 0.4) is 0 Å². The average molecular weight is 253 g/mol. The Balaban J connectivity index is 1.99. The number of methoxy groups -OCH3 is 1. The summed E-state index contributed by atoms with van der Waals surface area (Å²) in [5, 5.41) is 0. The zero-order chi connectivity index (χ0) is 13.2. The fraction of sp³-hybridized carbons (Fsp3) is 0.294. The maximum Gasteiger partial charge on any atom is 0.122 e. The highest BCUT2D eigenvalue weighted by Crippen LogP contribution is 2.42. The van der Waals surface area contributed by atoms with E-state index < -0.39 is 0 Å². The van der Waals surface area contributed by atoms with Crippen molar-refractivity contribution < 1.29 is 4.74 Å². The van der Waals surface area contributed by atoms with Crippen LogP contribution in [-0.4, -0.2) is 7.11 Å². The molecule has 0 aliphatic heterocycles. The van der Waals surface area contributed by atoms with Crippen molar-refractivity contribution in [3.8, 4) is 5.75 Å². The Hall–Kier alpha value is -1.80. The van der Waals surface area contributed by atoms with E-state index in [1.807, 2.05) is 12.1 Å². The molecule has 1 aliphatic carbocycles. The molecule has 0 saturated carbocycles. The van der Waals surface area contributed by atoms with Gasteiger partial charge in [0, 0.05) is 12.0 Å². The highest BCUT2D eigenvalue weighted by molar-refractivity contribution is 5.45. The van der Waals surface area contributed by atoms with Crippen molar-refractivity contribution in [3.63, 3.8) is 0 Å². The van der Waals surface area contributed by atoms with Gasteiger partial charge in [0.05, 0.1) is 7.11 Å². The van der Waals surface area contributed by atoms with E-state index in [1.165, 1.54) is 16.7 Å². The van der Waals surface area contributed by atoms with Gasteiger partial charge in [0.2, 0.25) is 0 Å². The average Bonchev–Trinajstić information content (AvgIpc) is 2.48. The maximum absolute atomic E-state index is 6.49. The number of nitrogens with two attached hydrogens (primary N) is 1. The summed E-state index contributed by atoms with van der Waals surface area (Å²) in [7, 11) is 1.73. The maximum atomic E-state index is 6.49. The summed E-state index contributed by atoms with van der Waals surface area (Å²) < 4.78 is 5.45. The summed E-state index contributed by atoms with van der Waals surface area (Å²) in [5.41, 5.74) is 10.3. The van der Waals surface area contributed by atoms with Gasteiger partial charge in [0.15, 0.2) is 0 Å². The Bertz CT molecular complexity index is 565. The van der Waals surface area contributed by atoms with Crippen LogP contribution in [0.4, 0.5) is 0 Å². The van der Waals surface area contributed by atoms with Crippen molar-refractivity contribution >= 4 is 0 Å². The lowest BCUT2D eigenvalue weighted by Crippen LogP contribution is -2.26. The summed E-state index contributed by atoms with van der Waals surface area (Å²) in [6, 6.07) is 16.8. The third-order valence-corrected chi connectivity index (χ3v) is 4.11. The number of benzene rings is 2. The van der Waals surface area contributed by atoms with Crippen molar-refractivity contribution in [3.05, 3.63) is 65.2 Å². The molecule has 0 bridgehead atoms. The monoisotopic (exact) mass is 253 g/mol. The lowest BCUT2D eigenvalue weighted by molar-refractivity contribution is 0.397. The SMILES string of the molecule is COc1cccc2c1CC[C@H](c1ccccc1)[C@H]2N. The van der Waals surface area contributed by atoms with E-state index in [0.29, 0.717) is 5.92 Å². The molecule has 0 amide bonds. The molecule has 2 aromatic carbocycles. The zero-order valence-electron chi connectivity index (χ0n) is 11.2. The van der Waals surface area contributed by atoms with Gasteiger partial charge in [-0.05, 0) is 35.6 Å². The highest BCUT2D eigenvalue weighted by atomic mass is 16.5. The van der Waals surface area contributed by atoms with Crippen molar-refractivity contribution in [2.75, 3.05) is 7.11 Å². The van der Waals surface area contributed by atoms with Crippen LogP contribution in [0, 0.1) is 0 Å². The van der Waals surface area contributed by atoms with E-state index in [4.69, 9.17) is 10.5 Å². The molecule has 0 heterocycles. The molecule has 2 N–H and O–H groups in total. The molecule has 2 aromatic rings. The van der Waals surface area contributed by atoms with Crippen LogP contribution in [0.2, 0.25) is 0 Å². The first-order chi connectivity index (χ1) is 9.31. The van der Waals surface area contributed by atoms with Crippen molar-refractivity contribution in [2.45, 2.75) is 24.8 Å². The lowest BCUT2D eigenvalue weighted by Gasteiger charge is -2.32. The van der Waals surface area contributed by atoms with Gasteiger partial charge in [-0.25, -0.2) is 0 Å². The molecule has 0 radical (unpaired) electrons. The minimum absolute atomic E-state index is 0.0567. The molecule has 0 aromatic heterocycles. The first kappa shape index (κ1) is 12.2. The molecule has 3 rings (SSSR count). The summed E-state index contributed by atoms with van der Waals surface area (Å²) in [4.78, 5) is 0. The first-order valence-electron chi connectivity index (χ1n) is 6.77. The molecular formula is C17H19NO. The Morgan fingerprint density at radius 2 is 1.84 bits per heavy atom. The molecule has 0 spiro atoms. The predicted molar refractivity (Wildman–Crippen MR) is 77.4 cm³/mol. The van der Waals surface area contributed by atoms with Gasteiger partial charge >= 0.3 is 0 Å². The topological polar surface area (TPSA) is 35.2 Å². The fourth-order valence-electron chi connectivity index (χ4n) is 3.12. The number of ether oxygens (including phenoxy) is 1. The van der Waals surface area contributed by atoms with Crippen LogP contribution in [-0.2, 0) is 6.42 Å². The smallest absolute Gasteiger partial charge is 0.122 e. The van der Waals surface area contributed by atoms with E-state index in [-0.39, 0.29) is 6.04 Å². The number of fused-ring (bicyclic) bond motifs is 1. The van der Waals surface area contributed by atoms with Crippen LogP contribution in [0.5, 0.6) is 5.75 Å². The van der Waals surface area contributed by atoms with Gasteiger partial charge in [-0.2, -0.15) is 0 Å². The number of hydrogen-bond donors (Lipinski definition) is 1. The quantitative estimate of drug-likeness (QED) is 0.890. The van der Waals surface area contributed by atoms with Crippen LogP contribution in [0.15, 0.2) is 48.5 Å². The molecule has 98 valence electrons. The Morgan fingerprint density at radius 1 is 1.05 bits per heavy atom. The third kappa shape index (κ3) is 2.13. The van der Waals surface area contributed by atoms with E-state index in [2.05, 4.69) is 36.4 Å². The molecule has 0 unspecified atom stereocenters. The largest absolute Gasteiger partial charge is 0.496 e. The number of rotatable bonds is 2. The van der Waals surface area contributed by atoms with Crippen LogP contribution in [0.1, 0.15) is 35.1 Å². The second-order valence-electron chi connectivity index (χ2n) is 5.11. The van der Waals surface area contributed by atoms with E-state index in [1.54, 1.807) is 7.11 Å². The van der Waals surface area contributed by atoms with Crippen molar-refractivity contribution in [2.24, 2.45) is 5.73 Å². The molecule has 0 fully saturated rings. The second-order valence-corrected chi connectivity index (χ2v) is 5.11. The normalized spacial score (nSPS) is 21.8. The van der Waals surface area contributed by atoms with E-state index in [9.17, 15) is 0 Å². The second kappa shape index (κ2) is 5.06. The molecule has 1 aliphatic rings. The molecule has 2 nitrogen and oxygen atoms in total. The molecule has 19 heavy (non-hydrogen) atoms. The van der Waals surface area contributed by atoms with Gasteiger partial charge in [-0.15, -0.1) is 0 Å². The minimum atomic E-state index is 0.0567. The number of hydrogen-bond acceptors (Lipinski definition) is 2. The Morgan fingerprint density at radius 3 is 2.58 bits per heavy atom. The van der Waals surface area contributed by atoms with Gasteiger partial charge in [0.1, 0.15) is 5.75 Å². The Kier molecular flexibility index (Phi) is 3.26. The van der Waals surface area contributed by atoms with Crippen molar-refractivity contribution in [1.82, 2.24) is 0 Å². The van der Waals surface area contributed by atoms with Gasteiger partial charge in [-0.3, -0.25) is 0 Å². The van der Waals surface area contributed by atoms with Crippen LogP contribution >= 0.6 is 0 Å². The van der Waals surface area contributed by atoms with Gasteiger partial charge in [0.25, 0.3) is 0 Å². The zero-order valence-corrected chi connectivity index (χ0v) is 11.2. The summed E-state index contributed by atoms with van der Waals surface area (Å²) in [5.74, 6) is 1.38. The van der Waals surface area contributed by atoms with Crippen molar-refractivity contribution in [1.29, 1.82) is 0 Å². The standard InChI is InChI=1S/C17H19NO/c1-19-16-9-5-8-15-14(16)11-10-13(17(15)18)12-6-3-2-4-7-12/h2-9,13,17H,10-11,18H2,1H3/t13-,17-/m1/s1. The fourth-order valence-corrected chi connectivity index (χ4v) is 3.12. The highest BCUT2D eigenvalue weighted by Gasteiger charge is 2.29. The predicted octanol–water partition coefficient (Wildman–Crippen LogP) is 3.43. The van der Waals surface area contributed by atoms with E-state index >= 15 is 0 Å². The summed E-state index contributed by atoms with van der Waals surface area (Å²) >= 11 is 0. The Labute approximate surface area is 114 Å². The molecule has 0 saturated heterocycles. The first-order valence-corrected chi connectivity index (χ1v) is 6.77. The summed E-state index contributed by atoms with van der Waals surface area (Å²) in [6.07, 6.45) is 2.12. The van der Waals surface area contributed by atoms with Gasteiger partial charge in [-0.1, -0.05) is 42.5 Å². The molecule has 2 atom stereocenters.